The lowest BCUT2D eigenvalue weighted by Gasteiger charge is -2.12. The molecule has 0 unspecified atom stereocenters. The standard InChI is InChI=1S/C22H25FN4O2S/c1-5-27-20(12-29-19-8-6-7-14(2)16(19)4)25-26-22(27)30-13-21(28)24-18-11-17(23)10-9-15(18)3/h6-11H,5,12-13H2,1-4H3,(H,24,28). The molecule has 0 bridgehead atoms. The Morgan fingerprint density at radius 3 is 2.73 bits per heavy atom. The zero-order valence-corrected chi connectivity index (χ0v) is 18.3. The molecular weight excluding hydrogens is 403 g/mol. The Balaban J connectivity index is 1.62. The summed E-state index contributed by atoms with van der Waals surface area (Å²) in [5.41, 5.74) is 3.54. The highest BCUT2D eigenvalue weighted by Gasteiger charge is 2.15. The van der Waals surface area contributed by atoms with Gasteiger partial charge in [-0.3, -0.25) is 4.79 Å². The number of aromatic nitrogens is 3. The van der Waals surface area contributed by atoms with Crippen LogP contribution in [0.5, 0.6) is 5.75 Å². The zero-order valence-electron chi connectivity index (χ0n) is 17.5. The molecule has 1 heterocycles. The Kier molecular flexibility index (Phi) is 7.10. The lowest BCUT2D eigenvalue weighted by atomic mass is 10.1. The third-order valence-electron chi connectivity index (χ3n) is 4.83. The van der Waals surface area contributed by atoms with Crippen molar-refractivity contribution in [1.82, 2.24) is 14.8 Å². The van der Waals surface area contributed by atoms with E-state index in [1.165, 1.54) is 29.5 Å². The number of nitrogens with zero attached hydrogens (tertiary/aromatic N) is 3. The van der Waals surface area contributed by atoms with Gasteiger partial charge in [-0.2, -0.15) is 0 Å². The van der Waals surface area contributed by atoms with Crippen molar-refractivity contribution >= 4 is 23.4 Å². The van der Waals surface area contributed by atoms with Gasteiger partial charge in [-0.25, -0.2) is 4.39 Å². The van der Waals surface area contributed by atoms with Crippen LogP contribution in [0.4, 0.5) is 10.1 Å². The summed E-state index contributed by atoms with van der Waals surface area (Å²) >= 11 is 1.29. The molecule has 0 atom stereocenters. The quantitative estimate of drug-likeness (QED) is 0.528. The number of hydrogen-bond acceptors (Lipinski definition) is 5. The fourth-order valence-corrected chi connectivity index (χ4v) is 3.74. The average molecular weight is 429 g/mol. The molecule has 0 aliphatic rings. The summed E-state index contributed by atoms with van der Waals surface area (Å²) in [4.78, 5) is 12.3. The largest absolute Gasteiger partial charge is 0.485 e. The summed E-state index contributed by atoms with van der Waals surface area (Å²) in [6.45, 7) is 8.83. The maximum Gasteiger partial charge on any atom is 0.234 e. The van der Waals surface area contributed by atoms with E-state index in [0.29, 0.717) is 29.8 Å². The molecule has 30 heavy (non-hydrogen) atoms. The van der Waals surface area contributed by atoms with Crippen LogP contribution >= 0.6 is 11.8 Å². The van der Waals surface area contributed by atoms with Gasteiger partial charge in [0.15, 0.2) is 11.0 Å². The number of benzene rings is 2. The van der Waals surface area contributed by atoms with E-state index >= 15 is 0 Å². The molecule has 0 spiro atoms. The second-order valence-corrected chi connectivity index (χ2v) is 7.87. The van der Waals surface area contributed by atoms with Gasteiger partial charge in [0.25, 0.3) is 0 Å². The Labute approximate surface area is 179 Å². The number of aryl methyl sites for hydroxylation is 2. The van der Waals surface area contributed by atoms with Gasteiger partial charge in [-0.15, -0.1) is 10.2 Å². The van der Waals surface area contributed by atoms with Crippen LogP contribution in [0.2, 0.25) is 0 Å². The SMILES string of the molecule is CCn1c(COc2cccc(C)c2C)nnc1SCC(=O)Nc1cc(F)ccc1C. The van der Waals surface area contributed by atoms with Crippen LogP contribution in [0.3, 0.4) is 0 Å². The Morgan fingerprint density at radius 1 is 1.17 bits per heavy atom. The van der Waals surface area contributed by atoms with Crippen molar-refractivity contribution in [3.8, 4) is 5.75 Å². The van der Waals surface area contributed by atoms with Crippen molar-refractivity contribution in [2.45, 2.75) is 46.0 Å². The number of thioether (sulfide) groups is 1. The van der Waals surface area contributed by atoms with E-state index in [2.05, 4.69) is 15.5 Å². The highest BCUT2D eigenvalue weighted by Crippen LogP contribution is 2.23. The van der Waals surface area contributed by atoms with Gasteiger partial charge in [-0.05, 0) is 62.6 Å². The highest BCUT2D eigenvalue weighted by molar-refractivity contribution is 7.99. The molecule has 0 saturated heterocycles. The van der Waals surface area contributed by atoms with Crippen molar-refractivity contribution in [2.75, 3.05) is 11.1 Å². The van der Waals surface area contributed by atoms with Gasteiger partial charge in [0.2, 0.25) is 5.91 Å². The van der Waals surface area contributed by atoms with Crippen molar-refractivity contribution in [1.29, 1.82) is 0 Å². The van der Waals surface area contributed by atoms with Gasteiger partial charge >= 0.3 is 0 Å². The van der Waals surface area contributed by atoms with Gasteiger partial charge in [0, 0.05) is 12.2 Å². The number of carbonyl (C=O) groups excluding carboxylic acids is 1. The molecule has 0 aliphatic heterocycles. The predicted octanol–water partition coefficient (Wildman–Crippen LogP) is 4.67. The second-order valence-electron chi connectivity index (χ2n) is 6.93. The van der Waals surface area contributed by atoms with Crippen molar-refractivity contribution in [3.05, 3.63) is 64.7 Å². The number of carbonyl (C=O) groups is 1. The fraction of sp³-hybridized carbons (Fsp3) is 0.318. The summed E-state index contributed by atoms with van der Waals surface area (Å²) in [5.74, 6) is 1.05. The fourth-order valence-electron chi connectivity index (χ4n) is 2.92. The lowest BCUT2D eigenvalue weighted by Crippen LogP contribution is -2.15. The Hall–Kier alpha value is -2.87. The third-order valence-corrected chi connectivity index (χ3v) is 5.79. The molecule has 8 heteroatoms. The van der Waals surface area contributed by atoms with Crippen LogP contribution in [-0.4, -0.2) is 26.4 Å². The number of nitrogens with one attached hydrogen (secondary N) is 1. The Bertz CT molecular complexity index is 1050. The van der Waals surface area contributed by atoms with E-state index < -0.39 is 0 Å². The highest BCUT2D eigenvalue weighted by atomic mass is 32.2. The first-order chi connectivity index (χ1) is 14.4. The summed E-state index contributed by atoms with van der Waals surface area (Å²) < 4.78 is 21.3. The molecule has 0 radical (unpaired) electrons. The van der Waals surface area contributed by atoms with E-state index in [1.54, 1.807) is 6.07 Å². The smallest absolute Gasteiger partial charge is 0.234 e. The minimum atomic E-state index is -0.386. The third kappa shape index (κ3) is 5.18. The summed E-state index contributed by atoms with van der Waals surface area (Å²) in [6.07, 6.45) is 0. The van der Waals surface area contributed by atoms with Gasteiger partial charge in [-0.1, -0.05) is 30.0 Å². The monoisotopic (exact) mass is 428 g/mol. The van der Waals surface area contributed by atoms with Crippen LogP contribution in [0, 0.1) is 26.6 Å². The van der Waals surface area contributed by atoms with Gasteiger partial charge in [0.1, 0.15) is 18.2 Å². The van der Waals surface area contributed by atoms with Crippen LogP contribution < -0.4 is 10.1 Å². The molecular formula is C22H25FN4O2S. The molecule has 0 fully saturated rings. The molecule has 1 N–H and O–H groups in total. The molecule has 2 aromatic carbocycles. The molecule has 3 aromatic rings. The van der Waals surface area contributed by atoms with Gasteiger partial charge in [0.05, 0.1) is 5.75 Å². The van der Waals surface area contributed by atoms with Crippen LogP contribution in [0.25, 0.3) is 0 Å². The first-order valence-electron chi connectivity index (χ1n) is 9.69. The molecule has 3 rings (SSSR count). The van der Waals surface area contributed by atoms with E-state index in [4.69, 9.17) is 4.74 Å². The van der Waals surface area contributed by atoms with Crippen LogP contribution in [0.1, 0.15) is 29.4 Å². The topological polar surface area (TPSA) is 69.0 Å². The minimum Gasteiger partial charge on any atom is -0.485 e. The summed E-state index contributed by atoms with van der Waals surface area (Å²) in [7, 11) is 0. The van der Waals surface area contributed by atoms with Crippen molar-refractivity contribution in [3.63, 3.8) is 0 Å². The van der Waals surface area contributed by atoms with Crippen LogP contribution in [-0.2, 0) is 17.9 Å². The molecule has 158 valence electrons. The van der Waals surface area contributed by atoms with E-state index in [-0.39, 0.29) is 17.5 Å². The van der Waals surface area contributed by atoms with E-state index in [1.807, 2.05) is 50.5 Å². The first kappa shape index (κ1) is 21.8. The predicted molar refractivity (Wildman–Crippen MR) is 116 cm³/mol. The van der Waals surface area contributed by atoms with Gasteiger partial charge < -0.3 is 14.6 Å². The van der Waals surface area contributed by atoms with E-state index in [0.717, 1.165) is 16.9 Å². The minimum absolute atomic E-state index is 0.145. The molecule has 1 amide bonds. The number of anilines is 1. The number of amides is 1. The molecule has 6 nitrogen and oxygen atoms in total. The number of hydrogen-bond donors (Lipinski definition) is 1. The molecule has 1 aromatic heterocycles. The maximum absolute atomic E-state index is 13.4. The number of halogens is 1. The van der Waals surface area contributed by atoms with Crippen LogP contribution in [0.15, 0.2) is 41.6 Å². The molecule has 0 aliphatic carbocycles. The normalized spacial score (nSPS) is 10.8. The zero-order chi connectivity index (χ0) is 21.7. The maximum atomic E-state index is 13.4. The van der Waals surface area contributed by atoms with Crippen molar-refractivity contribution in [2.24, 2.45) is 0 Å². The average Bonchev–Trinajstić information content (AvgIpc) is 3.12. The van der Waals surface area contributed by atoms with E-state index in [9.17, 15) is 9.18 Å². The Morgan fingerprint density at radius 2 is 1.97 bits per heavy atom. The lowest BCUT2D eigenvalue weighted by molar-refractivity contribution is -0.113. The summed E-state index contributed by atoms with van der Waals surface area (Å²) in [5, 5.41) is 11.8. The summed E-state index contributed by atoms with van der Waals surface area (Å²) in [6, 6.07) is 10.3. The number of ether oxygens (including phenoxy) is 1. The first-order valence-corrected chi connectivity index (χ1v) is 10.7. The second kappa shape index (κ2) is 9.75. The van der Waals surface area contributed by atoms with Crippen molar-refractivity contribution < 1.29 is 13.9 Å². The molecule has 0 saturated carbocycles. The number of rotatable bonds is 8.